The smallest absolute Gasteiger partial charge is 0.253 e. The second-order valence-electron chi connectivity index (χ2n) is 6.18. The van der Waals surface area contributed by atoms with E-state index < -0.39 is 0 Å². The van der Waals surface area contributed by atoms with Crippen LogP contribution < -0.4 is 0 Å². The number of carbonyl (C=O) groups excluding carboxylic acids is 1. The Hall–Kier alpha value is -1.00. The summed E-state index contributed by atoms with van der Waals surface area (Å²) >= 11 is 1.93. The van der Waals surface area contributed by atoms with Crippen LogP contribution in [0.15, 0.2) is 24.3 Å². The van der Waals surface area contributed by atoms with Gasteiger partial charge in [0.15, 0.2) is 0 Å². The van der Waals surface area contributed by atoms with E-state index in [2.05, 4.69) is 17.2 Å². The maximum absolute atomic E-state index is 12.7. The van der Waals surface area contributed by atoms with Crippen LogP contribution in [0.3, 0.4) is 0 Å². The second kappa shape index (κ2) is 7.32. The maximum atomic E-state index is 12.7. The largest absolute Gasteiger partial charge is 0.339 e. The van der Waals surface area contributed by atoms with E-state index in [0.29, 0.717) is 11.3 Å². The minimum atomic E-state index is 0.155. The lowest BCUT2D eigenvalue weighted by Gasteiger charge is -2.25. The summed E-state index contributed by atoms with van der Waals surface area (Å²) in [6, 6.07) is 8.42. The van der Waals surface area contributed by atoms with Crippen molar-refractivity contribution in [1.82, 2.24) is 9.80 Å². The van der Waals surface area contributed by atoms with Crippen molar-refractivity contribution in [2.45, 2.75) is 37.1 Å². The highest BCUT2D eigenvalue weighted by atomic mass is 32.2. The van der Waals surface area contributed by atoms with Crippen molar-refractivity contribution in [3.63, 3.8) is 0 Å². The monoisotopic (exact) mass is 306 g/mol. The minimum Gasteiger partial charge on any atom is -0.339 e. The molecule has 0 spiro atoms. The lowest BCUT2D eigenvalue weighted by Crippen LogP contribution is -2.35. The molecule has 1 aliphatic rings. The van der Waals surface area contributed by atoms with Crippen molar-refractivity contribution in [1.29, 1.82) is 0 Å². The number of rotatable bonds is 5. The number of hydrogen-bond acceptors (Lipinski definition) is 3. The van der Waals surface area contributed by atoms with E-state index in [-0.39, 0.29) is 5.91 Å². The second-order valence-corrected chi connectivity index (χ2v) is 7.32. The van der Waals surface area contributed by atoms with Crippen molar-refractivity contribution < 1.29 is 4.79 Å². The minimum absolute atomic E-state index is 0.155. The van der Waals surface area contributed by atoms with E-state index in [1.807, 2.05) is 56.0 Å². The summed E-state index contributed by atoms with van der Waals surface area (Å²) in [5, 5.41) is 0.713. The molecule has 0 heterocycles. The molecule has 1 aromatic carbocycles. The van der Waals surface area contributed by atoms with Gasteiger partial charge in [-0.15, -0.1) is 0 Å². The normalized spacial score (nSPS) is 21.8. The van der Waals surface area contributed by atoms with Crippen molar-refractivity contribution in [2.24, 2.45) is 0 Å². The summed E-state index contributed by atoms with van der Waals surface area (Å²) in [5.74, 6) is 0.155. The van der Waals surface area contributed by atoms with Gasteiger partial charge in [-0.2, -0.15) is 11.8 Å². The van der Waals surface area contributed by atoms with Crippen LogP contribution in [0.2, 0.25) is 0 Å². The van der Waals surface area contributed by atoms with Crippen LogP contribution >= 0.6 is 11.8 Å². The lowest BCUT2D eigenvalue weighted by molar-refractivity contribution is 0.0735. The fraction of sp³-hybridized carbons (Fsp3) is 0.588. The topological polar surface area (TPSA) is 23.6 Å². The predicted octanol–water partition coefficient (Wildman–Crippen LogP) is 3.10. The molecule has 1 aliphatic carbocycles. The van der Waals surface area contributed by atoms with Crippen molar-refractivity contribution >= 4 is 17.7 Å². The average Bonchev–Trinajstić information content (AvgIpc) is 2.94. The van der Waals surface area contributed by atoms with Crippen LogP contribution in [-0.2, 0) is 6.54 Å². The molecule has 0 unspecified atom stereocenters. The molecule has 0 bridgehead atoms. The summed E-state index contributed by atoms with van der Waals surface area (Å²) < 4.78 is 0. The highest BCUT2D eigenvalue weighted by Gasteiger charge is 2.29. The zero-order valence-corrected chi connectivity index (χ0v) is 14.3. The predicted molar refractivity (Wildman–Crippen MR) is 90.9 cm³/mol. The van der Waals surface area contributed by atoms with E-state index in [4.69, 9.17) is 0 Å². The number of amides is 1. The summed E-state index contributed by atoms with van der Waals surface area (Å²) in [7, 11) is 6.04. The molecule has 1 fully saturated rings. The van der Waals surface area contributed by atoms with Gasteiger partial charge in [0.25, 0.3) is 5.91 Å². The molecule has 116 valence electrons. The van der Waals surface area contributed by atoms with Crippen LogP contribution in [0.1, 0.15) is 35.2 Å². The molecule has 4 heteroatoms. The third-order valence-corrected chi connectivity index (χ3v) is 5.33. The first-order valence-electron chi connectivity index (χ1n) is 7.55. The average molecular weight is 306 g/mol. The number of carbonyl (C=O) groups is 1. The Labute approximate surface area is 132 Å². The van der Waals surface area contributed by atoms with Gasteiger partial charge in [0.05, 0.1) is 0 Å². The van der Waals surface area contributed by atoms with Gasteiger partial charge in [-0.1, -0.05) is 12.1 Å². The molecule has 1 aromatic rings. The van der Waals surface area contributed by atoms with Gasteiger partial charge in [-0.25, -0.2) is 0 Å². The Morgan fingerprint density at radius 3 is 2.67 bits per heavy atom. The number of thioether (sulfide) groups is 1. The zero-order chi connectivity index (χ0) is 15.4. The van der Waals surface area contributed by atoms with Crippen molar-refractivity contribution in [3.05, 3.63) is 35.4 Å². The molecule has 2 rings (SSSR count). The Bertz CT molecular complexity index is 489. The van der Waals surface area contributed by atoms with Gasteiger partial charge in [0, 0.05) is 30.4 Å². The van der Waals surface area contributed by atoms with Gasteiger partial charge in [-0.3, -0.25) is 4.79 Å². The van der Waals surface area contributed by atoms with Crippen LogP contribution in [0.25, 0.3) is 0 Å². The summed E-state index contributed by atoms with van der Waals surface area (Å²) in [6.07, 6.45) is 5.65. The van der Waals surface area contributed by atoms with Crippen LogP contribution in [0.5, 0.6) is 0 Å². The lowest BCUT2D eigenvalue weighted by atomic mass is 10.1. The van der Waals surface area contributed by atoms with E-state index >= 15 is 0 Å². The Morgan fingerprint density at radius 2 is 2.05 bits per heavy atom. The molecule has 3 nitrogen and oxygen atoms in total. The number of nitrogens with zero attached hydrogens (tertiary/aromatic N) is 2. The van der Waals surface area contributed by atoms with Gasteiger partial charge in [0.2, 0.25) is 0 Å². The van der Waals surface area contributed by atoms with Crippen LogP contribution in [-0.4, -0.2) is 54.4 Å². The molecule has 0 N–H and O–H groups in total. The Balaban J connectivity index is 2.05. The van der Waals surface area contributed by atoms with Crippen molar-refractivity contribution in [2.75, 3.05) is 27.4 Å². The SMILES string of the molecule is CS[C@@H]1CC[C@@H](N(C)C(=O)c2cccc(CN(C)C)c2)C1. The standard InChI is InChI=1S/C17H26N2OS/c1-18(2)12-13-6-5-7-14(10-13)17(20)19(3)15-8-9-16(11-15)21-4/h5-7,10,15-16H,8-9,11-12H2,1-4H3/t15-,16-/m1/s1. The van der Waals surface area contributed by atoms with E-state index in [9.17, 15) is 4.79 Å². The first kappa shape index (κ1) is 16.4. The quantitative estimate of drug-likeness (QED) is 0.835. The summed E-state index contributed by atoms with van der Waals surface area (Å²) in [6.45, 7) is 0.864. The first-order chi connectivity index (χ1) is 10.0. The van der Waals surface area contributed by atoms with Crippen molar-refractivity contribution in [3.8, 4) is 0 Å². The van der Waals surface area contributed by atoms with E-state index in [1.54, 1.807) is 0 Å². The third kappa shape index (κ3) is 4.24. The molecule has 1 amide bonds. The summed E-state index contributed by atoms with van der Waals surface area (Å²) in [4.78, 5) is 16.7. The number of benzene rings is 1. The molecule has 1 saturated carbocycles. The Morgan fingerprint density at radius 1 is 1.29 bits per heavy atom. The van der Waals surface area contributed by atoms with Crippen LogP contribution in [0, 0.1) is 0 Å². The van der Waals surface area contributed by atoms with Gasteiger partial charge in [0.1, 0.15) is 0 Å². The maximum Gasteiger partial charge on any atom is 0.253 e. The molecule has 21 heavy (non-hydrogen) atoms. The Kier molecular flexibility index (Phi) is 5.71. The van der Waals surface area contributed by atoms with Crippen LogP contribution in [0.4, 0.5) is 0 Å². The van der Waals surface area contributed by atoms with Gasteiger partial charge >= 0.3 is 0 Å². The molecule has 0 aromatic heterocycles. The molecular formula is C17H26N2OS. The molecule has 2 atom stereocenters. The molecule has 0 aliphatic heterocycles. The highest BCUT2D eigenvalue weighted by Crippen LogP contribution is 2.31. The van der Waals surface area contributed by atoms with E-state index in [1.165, 1.54) is 12.0 Å². The molecule has 0 radical (unpaired) electrons. The fourth-order valence-corrected chi connectivity index (χ4v) is 3.81. The third-order valence-electron chi connectivity index (χ3n) is 4.23. The zero-order valence-electron chi connectivity index (χ0n) is 13.5. The molecular weight excluding hydrogens is 280 g/mol. The van der Waals surface area contributed by atoms with Gasteiger partial charge < -0.3 is 9.80 Å². The van der Waals surface area contributed by atoms with Gasteiger partial charge in [-0.05, 0) is 57.3 Å². The molecule has 0 saturated heterocycles. The highest BCUT2D eigenvalue weighted by molar-refractivity contribution is 7.99. The fourth-order valence-electron chi connectivity index (χ4n) is 3.02. The summed E-state index contributed by atoms with van der Waals surface area (Å²) in [5.41, 5.74) is 2.00. The first-order valence-corrected chi connectivity index (χ1v) is 8.83. The number of hydrogen-bond donors (Lipinski definition) is 0. The van der Waals surface area contributed by atoms with E-state index in [0.717, 1.165) is 24.9 Å².